The highest BCUT2D eigenvalue weighted by molar-refractivity contribution is 6.32. The molecule has 38 heavy (non-hydrogen) atoms. The van der Waals surface area contributed by atoms with E-state index in [-0.39, 0.29) is 39.6 Å². The van der Waals surface area contributed by atoms with Crippen LogP contribution in [0.25, 0.3) is 0 Å². The number of para-hydroxylation sites is 1. The molecular formula is C25H19ClF2N6O4. The monoisotopic (exact) mass is 540 g/mol. The van der Waals surface area contributed by atoms with Crippen molar-refractivity contribution in [3.05, 3.63) is 89.0 Å². The van der Waals surface area contributed by atoms with Gasteiger partial charge in [-0.1, -0.05) is 29.8 Å². The summed E-state index contributed by atoms with van der Waals surface area (Å²) in [7, 11) is 0. The number of hydrogen-bond donors (Lipinski definition) is 6. The lowest BCUT2D eigenvalue weighted by Crippen LogP contribution is -2.20. The fourth-order valence-electron chi connectivity index (χ4n) is 3.12. The molecule has 0 aliphatic carbocycles. The Labute approximate surface area is 219 Å². The molecule has 0 saturated carbocycles. The van der Waals surface area contributed by atoms with Gasteiger partial charge in [0.05, 0.1) is 5.02 Å². The van der Waals surface area contributed by atoms with E-state index in [2.05, 4.69) is 10.3 Å². The van der Waals surface area contributed by atoms with Crippen LogP contribution < -0.4 is 31.0 Å². The molecule has 4 rings (SSSR count). The lowest BCUT2D eigenvalue weighted by molar-refractivity contribution is 0.331. The van der Waals surface area contributed by atoms with Crippen molar-refractivity contribution in [3.8, 4) is 40.5 Å². The molecule has 1 heterocycles. The zero-order valence-corrected chi connectivity index (χ0v) is 20.0. The van der Waals surface area contributed by atoms with Gasteiger partial charge in [-0.3, -0.25) is 10.8 Å². The van der Waals surface area contributed by atoms with Gasteiger partial charge >= 0.3 is 0 Å². The minimum Gasteiger partial charge on any atom is -0.504 e. The van der Waals surface area contributed by atoms with Gasteiger partial charge in [-0.15, -0.1) is 0 Å². The molecule has 0 fully saturated rings. The number of nitrogens with one attached hydrogen (secondary N) is 3. The van der Waals surface area contributed by atoms with Gasteiger partial charge in [0.2, 0.25) is 17.4 Å². The minimum absolute atomic E-state index is 0.0466. The van der Waals surface area contributed by atoms with Gasteiger partial charge in [0.25, 0.3) is 11.8 Å². The molecule has 8 N–H and O–H groups in total. The number of nitrogen functional groups attached to an aromatic ring is 1. The third-order valence-electron chi connectivity index (χ3n) is 4.83. The third-order valence-corrected chi connectivity index (χ3v) is 5.14. The Morgan fingerprint density at radius 3 is 2.26 bits per heavy atom. The number of aromatic nitrogens is 1. The molecule has 3 aromatic carbocycles. The number of phenolic OH excluding ortho intramolecular Hbond substituents is 1. The van der Waals surface area contributed by atoms with E-state index < -0.39 is 34.9 Å². The van der Waals surface area contributed by atoms with E-state index in [1.807, 2.05) is 0 Å². The zero-order valence-electron chi connectivity index (χ0n) is 19.3. The SMILES string of the molecule is N=C(N)Nc1cccc(Oc2nc(Oc3cc(C(=N)N)ccc3O)c(F)c(Oc3ccccc3Cl)c2F)c1. The summed E-state index contributed by atoms with van der Waals surface area (Å²) in [5, 5.41) is 27.8. The Morgan fingerprint density at radius 2 is 1.58 bits per heavy atom. The van der Waals surface area contributed by atoms with Crippen molar-refractivity contribution in [1.29, 1.82) is 10.8 Å². The molecule has 0 amide bonds. The van der Waals surface area contributed by atoms with Gasteiger partial charge in [0, 0.05) is 17.3 Å². The van der Waals surface area contributed by atoms with Crippen LogP contribution in [0.1, 0.15) is 5.56 Å². The molecule has 0 aliphatic rings. The molecule has 1 aromatic heterocycles. The largest absolute Gasteiger partial charge is 0.504 e. The first-order valence-electron chi connectivity index (χ1n) is 10.7. The molecule has 0 bridgehead atoms. The second-order valence-electron chi connectivity index (χ2n) is 7.58. The van der Waals surface area contributed by atoms with E-state index in [1.54, 1.807) is 18.2 Å². The molecule has 0 spiro atoms. The van der Waals surface area contributed by atoms with E-state index in [9.17, 15) is 5.11 Å². The number of phenols is 1. The maximum Gasteiger partial charge on any atom is 0.263 e. The maximum absolute atomic E-state index is 15.5. The molecule has 0 radical (unpaired) electrons. The average Bonchev–Trinajstić information content (AvgIpc) is 2.86. The second kappa shape index (κ2) is 10.9. The number of rotatable bonds is 8. The fourth-order valence-corrected chi connectivity index (χ4v) is 3.29. The lowest BCUT2D eigenvalue weighted by atomic mass is 10.2. The van der Waals surface area contributed by atoms with Crippen molar-refractivity contribution >= 4 is 29.1 Å². The third kappa shape index (κ3) is 5.82. The van der Waals surface area contributed by atoms with Gasteiger partial charge in [0.1, 0.15) is 17.3 Å². The number of amidine groups is 1. The summed E-state index contributed by atoms with van der Waals surface area (Å²) in [5.74, 6) is -6.65. The van der Waals surface area contributed by atoms with E-state index in [0.29, 0.717) is 5.69 Å². The number of aromatic hydroxyl groups is 1. The molecule has 4 aromatic rings. The van der Waals surface area contributed by atoms with Crippen LogP contribution in [-0.4, -0.2) is 21.9 Å². The van der Waals surface area contributed by atoms with Gasteiger partial charge in [-0.05, 0) is 42.5 Å². The van der Waals surface area contributed by atoms with Crippen molar-refractivity contribution in [1.82, 2.24) is 4.98 Å². The van der Waals surface area contributed by atoms with Crippen molar-refractivity contribution in [2.75, 3.05) is 5.32 Å². The molecule has 0 aliphatic heterocycles. The number of halogens is 3. The summed E-state index contributed by atoms with van der Waals surface area (Å²) in [6.45, 7) is 0. The number of ether oxygens (including phenoxy) is 3. The number of hydrogen-bond acceptors (Lipinski definition) is 7. The maximum atomic E-state index is 15.5. The predicted molar refractivity (Wildman–Crippen MR) is 137 cm³/mol. The first-order chi connectivity index (χ1) is 18.1. The van der Waals surface area contributed by atoms with Crippen LogP contribution in [0.15, 0.2) is 66.7 Å². The number of anilines is 1. The van der Waals surface area contributed by atoms with Gasteiger partial charge in [-0.25, -0.2) is 0 Å². The summed E-state index contributed by atoms with van der Waals surface area (Å²) < 4.78 is 47.4. The molecular weight excluding hydrogens is 522 g/mol. The highest BCUT2D eigenvalue weighted by Crippen LogP contribution is 2.42. The van der Waals surface area contributed by atoms with Crippen LogP contribution in [-0.2, 0) is 0 Å². The number of nitrogens with two attached hydrogens (primary N) is 2. The number of nitrogens with zero attached hydrogens (tertiary/aromatic N) is 1. The van der Waals surface area contributed by atoms with Crippen LogP contribution in [0, 0.1) is 22.5 Å². The highest BCUT2D eigenvalue weighted by atomic mass is 35.5. The molecule has 10 nitrogen and oxygen atoms in total. The Morgan fingerprint density at radius 1 is 0.868 bits per heavy atom. The predicted octanol–water partition coefficient (Wildman–Crippen LogP) is 5.69. The van der Waals surface area contributed by atoms with Crippen molar-refractivity contribution in [2.24, 2.45) is 11.5 Å². The van der Waals surface area contributed by atoms with Crippen LogP contribution in [0.2, 0.25) is 5.02 Å². The second-order valence-corrected chi connectivity index (χ2v) is 7.99. The molecule has 0 unspecified atom stereocenters. The van der Waals surface area contributed by atoms with E-state index in [1.165, 1.54) is 48.5 Å². The van der Waals surface area contributed by atoms with Crippen molar-refractivity contribution in [3.63, 3.8) is 0 Å². The molecule has 194 valence electrons. The summed E-state index contributed by atoms with van der Waals surface area (Å²) >= 11 is 6.10. The van der Waals surface area contributed by atoms with Gasteiger partial charge in [-0.2, -0.15) is 13.8 Å². The van der Waals surface area contributed by atoms with Crippen LogP contribution in [0.4, 0.5) is 14.5 Å². The summed E-state index contributed by atoms with van der Waals surface area (Å²) in [6.07, 6.45) is 0. The standard InChI is InChI=1S/C25H19ClF2N6O4/c26-15-6-1-2-7-17(15)37-21-19(27)23(36-14-5-3-4-13(11-14)33-25(31)32)34-24(20(21)28)38-18-10-12(22(29)30)8-9-16(18)35/h1-11,35H,(H3,29,30)(H4,31,32,33). The fraction of sp³-hybridized carbons (Fsp3) is 0. The summed E-state index contributed by atoms with van der Waals surface area (Å²) in [5.41, 5.74) is 11.3. The quantitative estimate of drug-likeness (QED) is 0.122. The number of benzene rings is 3. The van der Waals surface area contributed by atoms with E-state index in [4.69, 9.17) is 48.1 Å². The van der Waals surface area contributed by atoms with E-state index in [0.717, 1.165) is 0 Å². The summed E-state index contributed by atoms with van der Waals surface area (Å²) in [4.78, 5) is 3.80. The molecule has 13 heteroatoms. The Kier molecular flexibility index (Phi) is 7.44. The highest BCUT2D eigenvalue weighted by Gasteiger charge is 2.27. The summed E-state index contributed by atoms with van der Waals surface area (Å²) in [6, 6.07) is 15.7. The molecule has 0 atom stereocenters. The molecule has 0 saturated heterocycles. The number of guanidine groups is 1. The Hall–Kier alpha value is -5.10. The number of pyridine rings is 1. The Bertz CT molecular complexity index is 1550. The average molecular weight is 541 g/mol. The lowest BCUT2D eigenvalue weighted by Gasteiger charge is -2.16. The first kappa shape index (κ1) is 26.0. The van der Waals surface area contributed by atoms with E-state index >= 15 is 8.78 Å². The Balaban J connectivity index is 1.81. The van der Waals surface area contributed by atoms with Gasteiger partial charge in [0.15, 0.2) is 17.5 Å². The van der Waals surface area contributed by atoms with Crippen LogP contribution in [0.5, 0.6) is 40.5 Å². The smallest absolute Gasteiger partial charge is 0.263 e. The van der Waals surface area contributed by atoms with Crippen LogP contribution in [0.3, 0.4) is 0 Å². The zero-order chi connectivity index (χ0) is 27.4. The van der Waals surface area contributed by atoms with Crippen molar-refractivity contribution in [2.45, 2.75) is 0 Å². The van der Waals surface area contributed by atoms with Crippen molar-refractivity contribution < 1.29 is 28.1 Å². The normalized spacial score (nSPS) is 10.5. The first-order valence-corrected chi connectivity index (χ1v) is 11.1. The minimum atomic E-state index is -1.37. The topological polar surface area (TPSA) is 173 Å². The van der Waals surface area contributed by atoms with Gasteiger partial charge < -0.3 is 36.1 Å². The van der Waals surface area contributed by atoms with Crippen LogP contribution >= 0.6 is 11.6 Å².